The van der Waals surface area contributed by atoms with Gasteiger partial charge in [-0.2, -0.15) is 0 Å². The van der Waals surface area contributed by atoms with Gasteiger partial charge in [0.15, 0.2) is 0 Å². The van der Waals surface area contributed by atoms with E-state index in [2.05, 4.69) is 5.32 Å². The molecule has 4 nitrogen and oxygen atoms in total. The van der Waals surface area contributed by atoms with E-state index in [0.29, 0.717) is 10.6 Å². The van der Waals surface area contributed by atoms with E-state index in [0.717, 1.165) is 16.2 Å². The third kappa shape index (κ3) is 2.54. The number of anilines is 1. The van der Waals surface area contributed by atoms with Crippen molar-refractivity contribution in [3.05, 3.63) is 38.2 Å². The summed E-state index contributed by atoms with van der Waals surface area (Å²) < 4.78 is 0. The van der Waals surface area contributed by atoms with E-state index in [1.807, 2.05) is 13.0 Å². The van der Waals surface area contributed by atoms with Gasteiger partial charge in [0, 0.05) is 4.88 Å². The van der Waals surface area contributed by atoms with E-state index in [1.54, 1.807) is 17.5 Å². The van der Waals surface area contributed by atoms with Crippen LogP contribution in [0, 0.1) is 6.92 Å². The second-order valence-corrected chi connectivity index (χ2v) is 5.54. The summed E-state index contributed by atoms with van der Waals surface area (Å²) in [6, 6.07) is 5.17. The molecule has 0 atom stereocenters. The average Bonchev–Trinajstić information content (AvgIpc) is 2.86. The number of carboxylic acids is 1. The topological polar surface area (TPSA) is 66.4 Å². The fourth-order valence-electron chi connectivity index (χ4n) is 1.31. The maximum Gasteiger partial charge on any atom is 0.348 e. The zero-order valence-electron chi connectivity index (χ0n) is 8.89. The Kier molecular flexibility index (Phi) is 3.26. The zero-order valence-corrected chi connectivity index (χ0v) is 10.5. The standard InChI is InChI=1S/C11H9NO3S2/c1-6-2-3-8(17-6)10(13)12-7-4-5-16-9(7)11(14)15/h2-5H,1H3,(H,12,13)(H,14,15). The lowest BCUT2D eigenvalue weighted by molar-refractivity contribution is 0.0703. The van der Waals surface area contributed by atoms with Crippen molar-refractivity contribution in [2.24, 2.45) is 0 Å². The number of hydrogen-bond acceptors (Lipinski definition) is 4. The van der Waals surface area contributed by atoms with E-state index in [4.69, 9.17) is 5.11 Å². The van der Waals surface area contributed by atoms with Crippen LogP contribution < -0.4 is 5.32 Å². The predicted molar refractivity (Wildman–Crippen MR) is 68.3 cm³/mol. The fourth-order valence-corrected chi connectivity index (χ4v) is 2.76. The Balaban J connectivity index is 2.18. The number of nitrogens with one attached hydrogen (secondary N) is 1. The second kappa shape index (κ2) is 4.68. The highest BCUT2D eigenvalue weighted by Crippen LogP contribution is 2.24. The van der Waals surface area contributed by atoms with E-state index < -0.39 is 5.97 Å². The molecule has 1 amide bonds. The summed E-state index contributed by atoms with van der Waals surface area (Å²) in [6.45, 7) is 1.91. The van der Waals surface area contributed by atoms with Gasteiger partial charge >= 0.3 is 5.97 Å². The minimum absolute atomic E-state index is 0.145. The van der Waals surface area contributed by atoms with Gasteiger partial charge in [-0.05, 0) is 30.5 Å². The van der Waals surface area contributed by atoms with Gasteiger partial charge in [0.1, 0.15) is 4.88 Å². The maximum absolute atomic E-state index is 11.8. The van der Waals surface area contributed by atoms with Gasteiger partial charge in [-0.15, -0.1) is 22.7 Å². The molecule has 0 unspecified atom stereocenters. The van der Waals surface area contributed by atoms with Crippen molar-refractivity contribution in [3.63, 3.8) is 0 Å². The van der Waals surface area contributed by atoms with Crippen LogP contribution in [-0.4, -0.2) is 17.0 Å². The largest absolute Gasteiger partial charge is 0.477 e. The monoisotopic (exact) mass is 267 g/mol. The van der Waals surface area contributed by atoms with Crippen molar-refractivity contribution in [1.29, 1.82) is 0 Å². The number of aromatic carboxylic acids is 1. The number of amides is 1. The molecular formula is C11H9NO3S2. The van der Waals surface area contributed by atoms with Crippen LogP contribution in [0.4, 0.5) is 5.69 Å². The predicted octanol–water partition coefficient (Wildman–Crippen LogP) is 3.07. The van der Waals surface area contributed by atoms with Crippen molar-refractivity contribution < 1.29 is 14.7 Å². The Morgan fingerprint density at radius 2 is 2.06 bits per heavy atom. The lowest BCUT2D eigenvalue weighted by Crippen LogP contribution is -2.11. The van der Waals surface area contributed by atoms with Crippen LogP contribution in [-0.2, 0) is 0 Å². The molecule has 0 fully saturated rings. The molecule has 17 heavy (non-hydrogen) atoms. The summed E-state index contributed by atoms with van der Waals surface area (Å²) in [7, 11) is 0. The zero-order chi connectivity index (χ0) is 12.4. The van der Waals surface area contributed by atoms with Gasteiger partial charge < -0.3 is 10.4 Å². The average molecular weight is 267 g/mol. The summed E-state index contributed by atoms with van der Waals surface area (Å²) >= 11 is 2.47. The van der Waals surface area contributed by atoms with Crippen molar-refractivity contribution in [3.8, 4) is 0 Å². The smallest absolute Gasteiger partial charge is 0.348 e. The quantitative estimate of drug-likeness (QED) is 0.898. The number of thiophene rings is 2. The lowest BCUT2D eigenvalue weighted by Gasteiger charge is -2.01. The van der Waals surface area contributed by atoms with Crippen molar-refractivity contribution in [1.82, 2.24) is 0 Å². The SMILES string of the molecule is Cc1ccc(C(=O)Nc2ccsc2C(=O)O)s1. The van der Waals surface area contributed by atoms with Gasteiger partial charge in [0.25, 0.3) is 5.91 Å². The van der Waals surface area contributed by atoms with Crippen LogP contribution >= 0.6 is 22.7 Å². The first-order valence-electron chi connectivity index (χ1n) is 4.76. The van der Waals surface area contributed by atoms with Gasteiger partial charge in [-0.1, -0.05) is 0 Å². The Morgan fingerprint density at radius 1 is 1.29 bits per heavy atom. The molecule has 0 aliphatic carbocycles. The molecule has 2 aromatic rings. The van der Waals surface area contributed by atoms with E-state index in [1.165, 1.54) is 11.3 Å². The van der Waals surface area contributed by atoms with E-state index >= 15 is 0 Å². The van der Waals surface area contributed by atoms with Crippen LogP contribution in [0.1, 0.15) is 24.2 Å². The number of carbonyl (C=O) groups excluding carboxylic acids is 1. The molecule has 0 aromatic carbocycles. The first-order valence-corrected chi connectivity index (χ1v) is 6.46. The molecule has 88 valence electrons. The van der Waals surface area contributed by atoms with E-state index in [9.17, 15) is 9.59 Å². The summed E-state index contributed by atoms with van der Waals surface area (Å²) in [4.78, 5) is 24.4. The van der Waals surface area contributed by atoms with Crippen molar-refractivity contribution >= 4 is 40.2 Å². The Hall–Kier alpha value is -1.66. The van der Waals surface area contributed by atoms with Gasteiger partial charge in [0.2, 0.25) is 0 Å². The van der Waals surface area contributed by atoms with Gasteiger partial charge in [0.05, 0.1) is 10.6 Å². The highest BCUT2D eigenvalue weighted by molar-refractivity contribution is 7.14. The first kappa shape index (κ1) is 11.8. The van der Waals surface area contributed by atoms with Crippen LogP contribution in [0.25, 0.3) is 0 Å². The Labute approximate surface area is 106 Å². The minimum Gasteiger partial charge on any atom is -0.477 e. The second-order valence-electron chi connectivity index (χ2n) is 3.33. The molecule has 0 spiro atoms. The fraction of sp³-hybridized carbons (Fsp3) is 0.0909. The summed E-state index contributed by atoms with van der Waals surface area (Å²) in [6.07, 6.45) is 0. The molecular weight excluding hydrogens is 258 g/mol. The molecule has 2 rings (SSSR count). The van der Waals surface area contributed by atoms with Crippen LogP contribution in [0.2, 0.25) is 0 Å². The molecule has 2 aromatic heterocycles. The maximum atomic E-state index is 11.8. The van der Waals surface area contributed by atoms with Crippen LogP contribution in [0.5, 0.6) is 0 Å². The van der Waals surface area contributed by atoms with Gasteiger partial charge in [-0.25, -0.2) is 4.79 Å². The van der Waals surface area contributed by atoms with E-state index in [-0.39, 0.29) is 10.8 Å². The minimum atomic E-state index is -1.03. The van der Waals surface area contributed by atoms with Crippen molar-refractivity contribution in [2.45, 2.75) is 6.92 Å². The third-order valence-electron chi connectivity index (χ3n) is 2.07. The number of carboxylic acid groups (broad SMARTS) is 1. The van der Waals surface area contributed by atoms with Crippen LogP contribution in [0.3, 0.4) is 0 Å². The molecule has 2 heterocycles. The number of carbonyl (C=O) groups is 2. The summed E-state index contributed by atoms with van der Waals surface area (Å²) in [5.74, 6) is -1.30. The summed E-state index contributed by atoms with van der Waals surface area (Å²) in [5, 5.41) is 13.1. The number of hydrogen-bond donors (Lipinski definition) is 2. The summed E-state index contributed by atoms with van der Waals surface area (Å²) in [5.41, 5.74) is 0.346. The molecule has 2 N–H and O–H groups in total. The van der Waals surface area contributed by atoms with Crippen molar-refractivity contribution in [2.75, 3.05) is 5.32 Å². The third-order valence-corrected chi connectivity index (χ3v) is 3.97. The molecule has 6 heteroatoms. The molecule has 0 radical (unpaired) electrons. The molecule has 0 bridgehead atoms. The molecule has 0 saturated heterocycles. The van der Waals surface area contributed by atoms with Crippen LogP contribution in [0.15, 0.2) is 23.6 Å². The van der Waals surface area contributed by atoms with Gasteiger partial charge in [-0.3, -0.25) is 4.79 Å². The number of rotatable bonds is 3. The normalized spacial score (nSPS) is 10.2. The molecule has 0 saturated carbocycles. The lowest BCUT2D eigenvalue weighted by atomic mass is 10.3. The Morgan fingerprint density at radius 3 is 2.65 bits per heavy atom. The highest BCUT2D eigenvalue weighted by atomic mass is 32.1. The highest BCUT2D eigenvalue weighted by Gasteiger charge is 2.15. The Bertz CT molecular complexity index is 571. The number of aryl methyl sites for hydroxylation is 1. The first-order chi connectivity index (χ1) is 8.08. The molecule has 0 aliphatic heterocycles. The molecule has 0 aliphatic rings.